The van der Waals surface area contributed by atoms with Crippen molar-refractivity contribution in [3.63, 3.8) is 0 Å². The Kier molecular flexibility index (Phi) is 5.66. The Morgan fingerprint density at radius 1 is 1.05 bits per heavy atom. The molecule has 3 rings (SSSR count). The molecule has 3 unspecified atom stereocenters. The Morgan fingerprint density at radius 3 is 2.48 bits per heavy atom. The van der Waals surface area contributed by atoms with Gasteiger partial charge < -0.3 is 4.74 Å². The molecule has 21 heavy (non-hydrogen) atoms. The summed E-state index contributed by atoms with van der Waals surface area (Å²) in [7, 11) is 0. The normalized spacial score (nSPS) is 42.9. The molecule has 6 nitrogen and oxygen atoms in total. The van der Waals surface area contributed by atoms with Gasteiger partial charge in [0.1, 0.15) is 24.4 Å². The first-order valence-electron chi connectivity index (χ1n) is 7.85. The van der Waals surface area contributed by atoms with E-state index in [0.717, 1.165) is 39.1 Å². The largest absolute Gasteiger partial charge is 0.379 e. The highest BCUT2D eigenvalue weighted by atomic mass is 35.5. The van der Waals surface area contributed by atoms with Crippen molar-refractivity contribution in [2.75, 3.05) is 26.3 Å². The molecule has 2 heterocycles. The molecule has 122 valence electrons. The number of nitrogens with one attached hydrogen (secondary N) is 4. The maximum absolute atomic E-state index is 13.2. The van der Waals surface area contributed by atoms with Crippen LogP contribution in [0, 0.1) is 0 Å². The van der Waals surface area contributed by atoms with Gasteiger partial charge in [0.05, 0.1) is 13.2 Å². The molecule has 4 N–H and O–H groups in total. The maximum atomic E-state index is 13.2. The van der Waals surface area contributed by atoms with Gasteiger partial charge >= 0.3 is 0 Å². The van der Waals surface area contributed by atoms with Gasteiger partial charge in [-0.1, -0.05) is 11.6 Å². The molecule has 1 aliphatic carbocycles. The zero-order valence-corrected chi connectivity index (χ0v) is 12.9. The van der Waals surface area contributed by atoms with Crippen LogP contribution < -0.4 is 21.3 Å². The zero-order valence-electron chi connectivity index (χ0n) is 12.2. The number of hydrogen-bond donors (Lipinski definition) is 4. The van der Waals surface area contributed by atoms with Crippen LogP contribution in [0.25, 0.3) is 0 Å². The van der Waals surface area contributed by atoms with Crippen LogP contribution in [0.5, 0.6) is 0 Å². The average Bonchev–Trinajstić information content (AvgIpc) is 2.50. The van der Waals surface area contributed by atoms with Crippen molar-refractivity contribution in [1.29, 1.82) is 0 Å². The van der Waals surface area contributed by atoms with Crippen LogP contribution in [0.4, 0.5) is 4.39 Å². The Hall–Kier alpha value is -0.0200. The smallest absolute Gasteiger partial charge is 0.139 e. The predicted molar refractivity (Wildman–Crippen MR) is 79.3 cm³/mol. The number of ether oxygens (including phenoxy) is 1. The Morgan fingerprint density at radius 2 is 1.76 bits per heavy atom. The van der Waals surface area contributed by atoms with Crippen molar-refractivity contribution in [2.45, 2.75) is 56.1 Å². The molecule has 0 bridgehead atoms. The fourth-order valence-electron chi connectivity index (χ4n) is 3.18. The third-order valence-corrected chi connectivity index (χ3v) is 4.66. The second kappa shape index (κ2) is 7.50. The molecule has 0 aromatic heterocycles. The second-order valence-corrected chi connectivity index (χ2v) is 6.40. The lowest BCUT2D eigenvalue weighted by Gasteiger charge is -2.44. The first-order chi connectivity index (χ1) is 10.2. The molecule has 3 fully saturated rings. The lowest BCUT2D eigenvalue weighted by molar-refractivity contribution is -0.0202. The summed E-state index contributed by atoms with van der Waals surface area (Å²) >= 11 is 6.25. The Labute approximate surface area is 130 Å². The van der Waals surface area contributed by atoms with E-state index in [1.165, 1.54) is 0 Å². The van der Waals surface area contributed by atoms with Crippen LogP contribution in [0.2, 0.25) is 0 Å². The summed E-state index contributed by atoms with van der Waals surface area (Å²) in [4.78, 5) is 2.28. The average molecular weight is 322 g/mol. The van der Waals surface area contributed by atoms with Crippen LogP contribution in [-0.4, -0.2) is 61.6 Å². The topological polar surface area (TPSA) is 60.6 Å². The molecular formula is C13H25ClFN5O. The number of hydrogen-bond acceptors (Lipinski definition) is 6. The van der Waals surface area contributed by atoms with Crippen molar-refractivity contribution in [3.05, 3.63) is 0 Å². The number of halogens is 2. The molecule has 0 aromatic carbocycles. The molecule has 3 atom stereocenters. The van der Waals surface area contributed by atoms with E-state index in [0.29, 0.717) is 18.9 Å². The SMILES string of the molecule is FC1CCC(NC2NC(Cl)NC(N3CCOCC3)N2)CC1. The maximum Gasteiger partial charge on any atom is 0.139 e. The highest BCUT2D eigenvalue weighted by Gasteiger charge is 2.32. The van der Waals surface area contributed by atoms with Gasteiger partial charge in [-0.25, -0.2) is 4.39 Å². The van der Waals surface area contributed by atoms with Crippen molar-refractivity contribution in [2.24, 2.45) is 0 Å². The van der Waals surface area contributed by atoms with E-state index in [9.17, 15) is 4.39 Å². The molecule has 0 aromatic rings. The quantitative estimate of drug-likeness (QED) is 0.436. The standard InChI is InChI=1S/C13H25ClFN5O/c14-11-17-12(16-10-3-1-9(15)2-4-10)19-13(18-11)20-5-7-21-8-6-20/h9-13,16-19H,1-8H2. The third kappa shape index (κ3) is 4.48. The van der Waals surface area contributed by atoms with E-state index in [1.807, 2.05) is 0 Å². The van der Waals surface area contributed by atoms with E-state index in [1.54, 1.807) is 0 Å². The van der Waals surface area contributed by atoms with Crippen molar-refractivity contribution < 1.29 is 9.13 Å². The van der Waals surface area contributed by atoms with Gasteiger partial charge in [0.15, 0.2) is 0 Å². The molecule has 0 radical (unpaired) electrons. The summed E-state index contributed by atoms with van der Waals surface area (Å²) in [5.41, 5.74) is -0.297. The lowest BCUT2D eigenvalue weighted by Crippen LogP contribution is -2.75. The van der Waals surface area contributed by atoms with E-state index in [-0.39, 0.29) is 18.2 Å². The number of morpholine rings is 1. The minimum absolute atomic E-state index is 0.0210. The second-order valence-electron chi connectivity index (χ2n) is 5.96. The van der Waals surface area contributed by atoms with Crippen LogP contribution in [0.3, 0.4) is 0 Å². The summed E-state index contributed by atoms with van der Waals surface area (Å²) in [5, 5.41) is 13.5. The summed E-state index contributed by atoms with van der Waals surface area (Å²) in [6, 6.07) is 0.342. The molecule has 2 aliphatic heterocycles. The first kappa shape index (κ1) is 15.9. The van der Waals surface area contributed by atoms with Gasteiger partial charge in [0.25, 0.3) is 0 Å². The zero-order chi connectivity index (χ0) is 14.7. The minimum atomic E-state index is -0.626. The molecule has 2 saturated heterocycles. The number of rotatable bonds is 3. The van der Waals surface area contributed by atoms with Crippen molar-refractivity contribution >= 4 is 11.6 Å². The Balaban J connectivity index is 1.50. The molecular weight excluding hydrogens is 297 g/mol. The van der Waals surface area contributed by atoms with Gasteiger partial charge in [0, 0.05) is 19.1 Å². The van der Waals surface area contributed by atoms with Crippen LogP contribution in [-0.2, 0) is 4.74 Å². The van der Waals surface area contributed by atoms with Crippen LogP contribution >= 0.6 is 11.6 Å². The van der Waals surface area contributed by atoms with Crippen molar-refractivity contribution in [3.8, 4) is 0 Å². The van der Waals surface area contributed by atoms with E-state index in [2.05, 4.69) is 26.2 Å². The summed E-state index contributed by atoms with van der Waals surface area (Å²) in [6.45, 7) is 3.26. The molecule has 0 spiro atoms. The highest BCUT2D eigenvalue weighted by Crippen LogP contribution is 2.21. The third-order valence-electron chi connectivity index (χ3n) is 4.41. The van der Waals surface area contributed by atoms with E-state index >= 15 is 0 Å². The number of alkyl halides is 2. The van der Waals surface area contributed by atoms with Gasteiger partial charge in [-0.2, -0.15) is 0 Å². The minimum Gasteiger partial charge on any atom is -0.379 e. The van der Waals surface area contributed by atoms with Crippen molar-refractivity contribution in [1.82, 2.24) is 26.2 Å². The lowest BCUT2D eigenvalue weighted by atomic mass is 9.94. The predicted octanol–water partition coefficient (Wildman–Crippen LogP) is 0.0609. The summed E-state index contributed by atoms with van der Waals surface area (Å²) in [6.07, 6.45) is 2.39. The summed E-state index contributed by atoms with van der Waals surface area (Å²) in [5.74, 6) is 0. The number of nitrogens with zero attached hydrogens (tertiary/aromatic N) is 1. The highest BCUT2D eigenvalue weighted by molar-refractivity contribution is 6.20. The van der Waals surface area contributed by atoms with E-state index < -0.39 is 6.17 Å². The van der Waals surface area contributed by atoms with Gasteiger partial charge in [-0.15, -0.1) is 0 Å². The van der Waals surface area contributed by atoms with Crippen LogP contribution in [0.1, 0.15) is 25.7 Å². The molecule has 0 amide bonds. The molecule has 1 saturated carbocycles. The molecule has 8 heteroatoms. The fourth-order valence-corrected chi connectivity index (χ4v) is 3.43. The van der Waals surface area contributed by atoms with Gasteiger partial charge in [0.2, 0.25) is 0 Å². The fraction of sp³-hybridized carbons (Fsp3) is 1.00. The Bertz CT molecular complexity index is 326. The van der Waals surface area contributed by atoms with Gasteiger partial charge in [-0.05, 0) is 25.7 Å². The monoisotopic (exact) mass is 321 g/mol. The van der Waals surface area contributed by atoms with E-state index in [4.69, 9.17) is 16.3 Å². The van der Waals surface area contributed by atoms with Crippen LogP contribution in [0.15, 0.2) is 0 Å². The first-order valence-corrected chi connectivity index (χ1v) is 8.28. The van der Waals surface area contributed by atoms with Gasteiger partial charge in [-0.3, -0.25) is 26.2 Å². The molecule has 3 aliphatic rings. The summed E-state index contributed by atoms with van der Waals surface area (Å²) < 4.78 is 18.6.